The SMILES string of the molecule is N#Cc1cc(C(F)(F)F)ccc1OCC1CCOCC1. The van der Waals surface area contributed by atoms with Gasteiger partial charge in [0.05, 0.1) is 17.7 Å². The van der Waals surface area contributed by atoms with Crippen LogP contribution in [0, 0.1) is 17.2 Å². The predicted octanol–water partition coefficient (Wildman–Crippen LogP) is 3.38. The van der Waals surface area contributed by atoms with Gasteiger partial charge in [-0.05, 0) is 37.0 Å². The van der Waals surface area contributed by atoms with Crippen molar-refractivity contribution >= 4 is 0 Å². The minimum absolute atomic E-state index is 0.0908. The molecule has 1 fully saturated rings. The lowest BCUT2D eigenvalue weighted by atomic mass is 10.0. The number of halogens is 3. The van der Waals surface area contributed by atoms with E-state index in [9.17, 15) is 13.2 Å². The third kappa shape index (κ3) is 3.64. The highest BCUT2D eigenvalue weighted by atomic mass is 19.4. The van der Waals surface area contributed by atoms with Crippen LogP contribution in [0.1, 0.15) is 24.0 Å². The molecule has 0 saturated carbocycles. The second-order valence-electron chi connectivity index (χ2n) is 4.69. The number of nitrogens with zero attached hydrogens (tertiary/aromatic N) is 1. The normalized spacial score (nSPS) is 16.7. The van der Waals surface area contributed by atoms with Gasteiger partial charge in [0, 0.05) is 13.2 Å². The quantitative estimate of drug-likeness (QED) is 0.855. The summed E-state index contributed by atoms with van der Waals surface area (Å²) < 4.78 is 48.4. The molecule has 1 heterocycles. The molecule has 1 aliphatic rings. The maximum atomic E-state index is 12.5. The molecule has 0 atom stereocenters. The number of nitriles is 1. The van der Waals surface area contributed by atoms with Crippen molar-refractivity contribution in [1.29, 1.82) is 5.26 Å². The fraction of sp³-hybridized carbons (Fsp3) is 0.500. The van der Waals surface area contributed by atoms with Crippen LogP contribution in [0.4, 0.5) is 13.2 Å². The molecule has 6 heteroatoms. The molecular weight excluding hydrogens is 271 g/mol. The molecule has 0 spiro atoms. The van der Waals surface area contributed by atoms with Gasteiger partial charge in [0.15, 0.2) is 0 Å². The van der Waals surface area contributed by atoms with Crippen molar-refractivity contribution in [2.45, 2.75) is 19.0 Å². The zero-order chi connectivity index (χ0) is 14.6. The Labute approximate surface area is 114 Å². The van der Waals surface area contributed by atoms with Gasteiger partial charge in [0.1, 0.15) is 11.8 Å². The first-order valence-electron chi connectivity index (χ1n) is 6.32. The zero-order valence-corrected chi connectivity index (χ0v) is 10.7. The fourth-order valence-electron chi connectivity index (χ4n) is 2.04. The first-order valence-corrected chi connectivity index (χ1v) is 6.32. The highest BCUT2D eigenvalue weighted by Crippen LogP contribution is 2.32. The van der Waals surface area contributed by atoms with Crippen LogP contribution in [0.25, 0.3) is 0 Å². The molecule has 1 aliphatic heterocycles. The Morgan fingerprint density at radius 1 is 1.30 bits per heavy atom. The topological polar surface area (TPSA) is 42.2 Å². The van der Waals surface area contributed by atoms with Crippen LogP contribution in [-0.4, -0.2) is 19.8 Å². The van der Waals surface area contributed by atoms with Gasteiger partial charge in [0.2, 0.25) is 0 Å². The lowest BCUT2D eigenvalue weighted by Crippen LogP contribution is -2.21. The van der Waals surface area contributed by atoms with Crippen LogP contribution in [0.2, 0.25) is 0 Å². The number of rotatable bonds is 3. The van der Waals surface area contributed by atoms with Gasteiger partial charge >= 0.3 is 6.18 Å². The summed E-state index contributed by atoms with van der Waals surface area (Å²) in [4.78, 5) is 0. The smallest absolute Gasteiger partial charge is 0.416 e. The van der Waals surface area contributed by atoms with E-state index in [1.807, 2.05) is 0 Å². The van der Waals surface area contributed by atoms with Crippen molar-refractivity contribution in [2.75, 3.05) is 19.8 Å². The summed E-state index contributed by atoms with van der Waals surface area (Å²) in [5, 5.41) is 8.93. The van der Waals surface area contributed by atoms with E-state index in [2.05, 4.69) is 0 Å². The fourth-order valence-corrected chi connectivity index (χ4v) is 2.04. The third-order valence-corrected chi connectivity index (χ3v) is 3.24. The third-order valence-electron chi connectivity index (χ3n) is 3.24. The molecule has 108 valence electrons. The van der Waals surface area contributed by atoms with E-state index in [0.29, 0.717) is 25.7 Å². The summed E-state index contributed by atoms with van der Waals surface area (Å²) in [5.41, 5.74) is -0.931. The van der Waals surface area contributed by atoms with E-state index in [1.165, 1.54) is 6.07 Å². The average Bonchev–Trinajstić information content (AvgIpc) is 2.45. The van der Waals surface area contributed by atoms with Gasteiger partial charge in [-0.2, -0.15) is 18.4 Å². The van der Waals surface area contributed by atoms with Gasteiger partial charge < -0.3 is 9.47 Å². The summed E-state index contributed by atoms with van der Waals surface area (Å²) in [7, 11) is 0. The number of ether oxygens (including phenoxy) is 2. The van der Waals surface area contributed by atoms with Gasteiger partial charge in [0.25, 0.3) is 0 Å². The molecule has 2 rings (SSSR count). The molecule has 1 aromatic carbocycles. The first kappa shape index (κ1) is 14.7. The second-order valence-corrected chi connectivity index (χ2v) is 4.69. The summed E-state index contributed by atoms with van der Waals surface area (Å²) in [6.07, 6.45) is -2.73. The van der Waals surface area contributed by atoms with E-state index in [4.69, 9.17) is 14.7 Å². The summed E-state index contributed by atoms with van der Waals surface area (Å²) in [6, 6.07) is 4.70. The predicted molar refractivity (Wildman–Crippen MR) is 65.2 cm³/mol. The maximum Gasteiger partial charge on any atom is 0.416 e. The molecule has 1 saturated heterocycles. The highest BCUT2D eigenvalue weighted by Gasteiger charge is 2.31. The number of benzene rings is 1. The van der Waals surface area contributed by atoms with Crippen molar-refractivity contribution in [3.05, 3.63) is 29.3 Å². The summed E-state index contributed by atoms with van der Waals surface area (Å²) >= 11 is 0. The molecular formula is C14H14F3NO2. The van der Waals surface area contributed by atoms with Crippen LogP contribution in [0.15, 0.2) is 18.2 Å². The van der Waals surface area contributed by atoms with Crippen LogP contribution in [0.3, 0.4) is 0 Å². The summed E-state index contributed by atoms with van der Waals surface area (Å²) in [6.45, 7) is 1.74. The van der Waals surface area contributed by atoms with E-state index >= 15 is 0 Å². The van der Waals surface area contributed by atoms with E-state index in [-0.39, 0.29) is 11.3 Å². The van der Waals surface area contributed by atoms with E-state index < -0.39 is 11.7 Å². The molecule has 0 radical (unpaired) electrons. The number of alkyl halides is 3. The molecule has 20 heavy (non-hydrogen) atoms. The van der Waals surface area contributed by atoms with E-state index in [1.54, 1.807) is 6.07 Å². The van der Waals surface area contributed by atoms with Gasteiger partial charge in [-0.3, -0.25) is 0 Å². The lowest BCUT2D eigenvalue weighted by Gasteiger charge is -2.22. The maximum absolute atomic E-state index is 12.5. The van der Waals surface area contributed by atoms with Crippen LogP contribution >= 0.6 is 0 Å². The molecule has 0 N–H and O–H groups in total. The minimum Gasteiger partial charge on any atom is -0.492 e. The Hall–Kier alpha value is -1.74. The zero-order valence-electron chi connectivity index (χ0n) is 10.7. The number of hydrogen-bond donors (Lipinski definition) is 0. The Bertz CT molecular complexity index is 502. The molecule has 0 unspecified atom stereocenters. The second kappa shape index (κ2) is 6.14. The van der Waals surface area contributed by atoms with Crippen molar-refractivity contribution < 1.29 is 22.6 Å². The molecule has 0 bridgehead atoms. The van der Waals surface area contributed by atoms with Gasteiger partial charge in [-0.25, -0.2) is 0 Å². The van der Waals surface area contributed by atoms with Crippen molar-refractivity contribution in [3.8, 4) is 11.8 Å². The highest BCUT2D eigenvalue weighted by molar-refractivity contribution is 5.46. The van der Waals surface area contributed by atoms with Crippen LogP contribution in [-0.2, 0) is 10.9 Å². The molecule has 0 aromatic heterocycles. The van der Waals surface area contributed by atoms with Crippen LogP contribution < -0.4 is 4.74 Å². The van der Waals surface area contributed by atoms with Gasteiger partial charge in [-0.15, -0.1) is 0 Å². The standard InChI is InChI=1S/C14H14F3NO2/c15-14(16,17)12-1-2-13(11(7-12)8-18)20-9-10-3-5-19-6-4-10/h1-2,7,10H,3-6,9H2. The van der Waals surface area contributed by atoms with Crippen molar-refractivity contribution in [1.82, 2.24) is 0 Å². The lowest BCUT2D eigenvalue weighted by molar-refractivity contribution is -0.137. The Kier molecular flexibility index (Phi) is 4.50. The van der Waals surface area contributed by atoms with Gasteiger partial charge in [-0.1, -0.05) is 0 Å². The Morgan fingerprint density at radius 2 is 2.00 bits per heavy atom. The molecule has 0 aliphatic carbocycles. The summed E-state index contributed by atoms with van der Waals surface area (Å²) in [5.74, 6) is 0.518. The molecule has 3 nitrogen and oxygen atoms in total. The first-order chi connectivity index (χ1) is 9.50. The van der Waals surface area contributed by atoms with Crippen LogP contribution in [0.5, 0.6) is 5.75 Å². The molecule has 0 amide bonds. The van der Waals surface area contributed by atoms with Crippen molar-refractivity contribution in [3.63, 3.8) is 0 Å². The minimum atomic E-state index is -4.45. The average molecular weight is 285 g/mol. The Balaban J connectivity index is 2.06. The van der Waals surface area contributed by atoms with Crippen molar-refractivity contribution in [2.24, 2.45) is 5.92 Å². The molecule has 1 aromatic rings. The monoisotopic (exact) mass is 285 g/mol. The van der Waals surface area contributed by atoms with E-state index in [0.717, 1.165) is 25.0 Å². The largest absolute Gasteiger partial charge is 0.492 e. The number of hydrogen-bond acceptors (Lipinski definition) is 3. The Morgan fingerprint density at radius 3 is 2.60 bits per heavy atom.